The number of benzene rings is 2. The Labute approximate surface area is 211 Å². The van der Waals surface area contributed by atoms with Crippen molar-refractivity contribution in [2.75, 3.05) is 6.54 Å². The summed E-state index contributed by atoms with van der Waals surface area (Å²) < 4.78 is 0. The van der Waals surface area contributed by atoms with Crippen LogP contribution >= 0.6 is 0 Å². The summed E-state index contributed by atoms with van der Waals surface area (Å²) in [6.45, 7) is -0.610. The van der Waals surface area contributed by atoms with Crippen molar-refractivity contribution in [1.29, 1.82) is 0 Å². The van der Waals surface area contributed by atoms with Gasteiger partial charge in [-0.15, -0.1) is 0 Å². The molecule has 0 bridgehead atoms. The van der Waals surface area contributed by atoms with Crippen LogP contribution in [0.15, 0.2) is 48.5 Å². The number of hydrogen-bond donors (Lipinski definition) is 8. The van der Waals surface area contributed by atoms with Gasteiger partial charge in [-0.2, -0.15) is 0 Å². The molecular weight excluding hydrogens is 488 g/mol. The van der Waals surface area contributed by atoms with Crippen molar-refractivity contribution in [2.24, 2.45) is 5.73 Å². The molecule has 0 saturated heterocycles. The number of rotatable bonds is 13. The number of carboxylic acid groups (broad SMARTS) is 2. The summed E-state index contributed by atoms with van der Waals surface area (Å²) >= 11 is 0. The zero-order valence-corrected chi connectivity index (χ0v) is 19.6. The molecule has 0 aromatic heterocycles. The lowest BCUT2D eigenvalue weighted by molar-refractivity contribution is -0.142. The van der Waals surface area contributed by atoms with Gasteiger partial charge in [0.1, 0.15) is 23.6 Å². The quantitative estimate of drug-likeness (QED) is 0.159. The highest BCUT2D eigenvalue weighted by atomic mass is 16.4. The molecule has 0 spiro atoms. The van der Waals surface area contributed by atoms with E-state index in [0.717, 1.165) is 0 Å². The second kappa shape index (κ2) is 13.4. The fraction of sp³-hybridized carbons (Fsp3) is 0.292. The van der Waals surface area contributed by atoms with Gasteiger partial charge >= 0.3 is 11.9 Å². The lowest BCUT2D eigenvalue weighted by Gasteiger charge is -2.22. The summed E-state index contributed by atoms with van der Waals surface area (Å²) in [5.74, 6) is -5.14. The van der Waals surface area contributed by atoms with Crippen molar-refractivity contribution in [2.45, 2.75) is 37.4 Å². The van der Waals surface area contributed by atoms with Gasteiger partial charge in [0, 0.05) is 12.8 Å². The molecule has 0 heterocycles. The van der Waals surface area contributed by atoms with Crippen LogP contribution in [0.2, 0.25) is 0 Å². The highest BCUT2D eigenvalue weighted by Crippen LogP contribution is 2.13. The van der Waals surface area contributed by atoms with Gasteiger partial charge < -0.3 is 42.1 Å². The number of nitrogens with two attached hydrogens (primary N) is 1. The maximum absolute atomic E-state index is 13.0. The minimum atomic E-state index is -1.38. The van der Waals surface area contributed by atoms with Crippen molar-refractivity contribution in [1.82, 2.24) is 16.0 Å². The predicted octanol–water partition coefficient (Wildman–Crippen LogP) is -1.14. The third kappa shape index (κ3) is 9.85. The number of hydrogen-bond acceptors (Lipinski definition) is 8. The van der Waals surface area contributed by atoms with E-state index in [0.29, 0.717) is 11.1 Å². The van der Waals surface area contributed by atoms with Gasteiger partial charge in [0.25, 0.3) is 0 Å². The number of phenolic OH excluding ortho intramolecular Hbond substituents is 2. The molecule has 2 rings (SSSR count). The molecular formula is C24H28N4O9. The molecule has 9 N–H and O–H groups in total. The highest BCUT2D eigenvalue weighted by Gasteiger charge is 2.27. The highest BCUT2D eigenvalue weighted by molar-refractivity contribution is 5.93. The minimum Gasteiger partial charge on any atom is -0.508 e. The van der Waals surface area contributed by atoms with Crippen LogP contribution in [0, 0.1) is 0 Å². The van der Waals surface area contributed by atoms with Crippen LogP contribution in [0.25, 0.3) is 0 Å². The molecule has 3 amide bonds. The summed E-state index contributed by atoms with van der Waals surface area (Å²) in [4.78, 5) is 59.8. The van der Waals surface area contributed by atoms with Crippen LogP contribution in [-0.4, -0.2) is 74.8 Å². The fourth-order valence-electron chi connectivity index (χ4n) is 3.24. The molecule has 2 aromatic rings. The van der Waals surface area contributed by atoms with Crippen molar-refractivity contribution in [3.05, 3.63) is 59.7 Å². The van der Waals surface area contributed by atoms with E-state index in [1.165, 1.54) is 48.5 Å². The summed E-state index contributed by atoms with van der Waals surface area (Å²) in [6, 6.07) is 7.55. The first kappa shape index (κ1) is 28.6. The largest absolute Gasteiger partial charge is 0.508 e. The van der Waals surface area contributed by atoms with Crippen molar-refractivity contribution in [3.63, 3.8) is 0 Å². The standard InChI is InChI=1S/C24H28N4O9/c25-17(11-21(32)33)22(34)26-12-20(31)27-18(9-13-1-5-15(29)6-2-13)23(35)28-19(24(36)37)10-14-3-7-16(30)8-4-14/h1-8,17-19,29-30H,9-12,25H2,(H,26,34)(H,27,31)(H,28,35)(H,32,33)(H,36,37). The zero-order valence-electron chi connectivity index (χ0n) is 19.6. The van der Waals surface area contributed by atoms with E-state index < -0.39 is 60.8 Å². The summed E-state index contributed by atoms with van der Waals surface area (Å²) in [5, 5.41) is 44.2. The summed E-state index contributed by atoms with van der Waals surface area (Å²) in [7, 11) is 0. The SMILES string of the molecule is NC(CC(=O)O)C(=O)NCC(=O)NC(Cc1ccc(O)cc1)C(=O)NC(Cc1ccc(O)cc1)C(=O)O. The Bertz CT molecular complexity index is 1120. The first-order chi connectivity index (χ1) is 17.4. The number of aliphatic carboxylic acids is 2. The van der Waals surface area contributed by atoms with Gasteiger partial charge in [-0.25, -0.2) is 4.79 Å². The average molecular weight is 517 g/mol. The second-order valence-corrected chi connectivity index (χ2v) is 8.18. The molecule has 0 fully saturated rings. The van der Waals surface area contributed by atoms with Crippen molar-refractivity contribution in [3.8, 4) is 11.5 Å². The minimum absolute atomic E-state index is 0.00709. The molecule has 13 heteroatoms. The van der Waals surface area contributed by atoms with Gasteiger partial charge in [0.15, 0.2) is 0 Å². The van der Waals surface area contributed by atoms with Crippen LogP contribution in [0.5, 0.6) is 11.5 Å². The molecule has 0 saturated carbocycles. The lowest BCUT2D eigenvalue weighted by atomic mass is 10.0. The van der Waals surface area contributed by atoms with Crippen LogP contribution in [0.1, 0.15) is 17.5 Å². The molecule has 13 nitrogen and oxygen atoms in total. The monoisotopic (exact) mass is 516 g/mol. The number of nitrogens with one attached hydrogen (secondary N) is 3. The number of amides is 3. The van der Waals surface area contributed by atoms with E-state index in [1.807, 2.05) is 0 Å². The maximum Gasteiger partial charge on any atom is 0.326 e. The Morgan fingerprint density at radius 1 is 0.730 bits per heavy atom. The second-order valence-electron chi connectivity index (χ2n) is 8.18. The van der Waals surface area contributed by atoms with E-state index in [4.69, 9.17) is 10.8 Å². The molecule has 2 aromatic carbocycles. The molecule has 0 radical (unpaired) electrons. The summed E-state index contributed by atoms with van der Waals surface area (Å²) in [5.41, 5.74) is 6.51. The molecule has 0 aliphatic carbocycles. The molecule has 3 unspecified atom stereocenters. The molecule has 3 atom stereocenters. The molecule has 0 aliphatic heterocycles. The number of carbonyl (C=O) groups excluding carboxylic acids is 3. The smallest absolute Gasteiger partial charge is 0.326 e. The van der Waals surface area contributed by atoms with Gasteiger partial charge in [0.05, 0.1) is 19.0 Å². The van der Waals surface area contributed by atoms with Crippen molar-refractivity contribution < 1.29 is 44.4 Å². The lowest BCUT2D eigenvalue weighted by Crippen LogP contribution is -2.55. The molecule has 0 aliphatic rings. The van der Waals surface area contributed by atoms with Gasteiger partial charge in [0.2, 0.25) is 17.7 Å². The normalized spacial score (nSPS) is 13.0. The van der Waals surface area contributed by atoms with Crippen LogP contribution in [0.3, 0.4) is 0 Å². The van der Waals surface area contributed by atoms with E-state index in [1.54, 1.807) is 0 Å². The van der Waals surface area contributed by atoms with Crippen LogP contribution in [-0.2, 0) is 36.8 Å². The average Bonchev–Trinajstić information content (AvgIpc) is 2.83. The Kier molecular flexibility index (Phi) is 10.4. The molecule has 37 heavy (non-hydrogen) atoms. The fourth-order valence-corrected chi connectivity index (χ4v) is 3.24. The van der Waals surface area contributed by atoms with Crippen LogP contribution in [0.4, 0.5) is 0 Å². The Hall–Kier alpha value is -4.65. The number of aromatic hydroxyl groups is 2. The number of carbonyl (C=O) groups is 5. The Balaban J connectivity index is 2.11. The molecule has 198 valence electrons. The first-order valence-electron chi connectivity index (χ1n) is 11.1. The first-order valence-corrected chi connectivity index (χ1v) is 11.1. The van der Waals surface area contributed by atoms with E-state index in [-0.39, 0.29) is 24.3 Å². The zero-order chi connectivity index (χ0) is 27.5. The Morgan fingerprint density at radius 2 is 1.22 bits per heavy atom. The number of carboxylic acids is 2. The van der Waals surface area contributed by atoms with E-state index >= 15 is 0 Å². The van der Waals surface area contributed by atoms with Crippen LogP contribution < -0.4 is 21.7 Å². The summed E-state index contributed by atoms with van der Waals surface area (Å²) in [6.07, 6.45) is -0.814. The third-order valence-corrected chi connectivity index (χ3v) is 5.17. The predicted molar refractivity (Wildman–Crippen MR) is 128 cm³/mol. The van der Waals surface area contributed by atoms with Gasteiger partial charge in [-0.1, -0.05) is 24.3 Å². The maximum atomic E-state index is 13.0. The van der Waals surface area contributed by atoms with E-state index in [9.17, 15) is 39.3 Å². The van der Waals surface area contributed by atoms with Crippen molar-refractivity contribution >= 4 is 29.7 Å². The van der Waals surface area contributed by atoms with Gasteiger partial charge in [-0.3, -0.25) is 19.2 Å². The number of phenols is 2. The van der Waals surface area contributed by atoms with E-state index in [2.05, 4.69) is 16.0 Å². The van der Waals surface area contributed by atoms with Gasteiger partial charge in [-0.05, 0) is 35.4 Å². The Morgan fingerprint density at radius 3 is 1.68 bits per heavy atom. The topological polar surface area (TPSA) is 228 Å². The third-order valence-electron chi connectivity index (χ3n) is 5.17.